The number of carbonyl (C=O) groups is 1. The molecule has 5 heteroatoms. The van der Waals surface area contributed by atoms with Crippen LogP contribution in [0.5, 0.6) is 0 Å². The van der Waals surface area contributed by atoms with Crippen molar-refractivity contribution in [3.05, 3.63) is 89.2 Å². The zero-order valence-electron chi connectivity index (χ0n) is 12.9. The van der Waals surface area contributed by atoms with Gasteiger partial charge in [0, 0.05) is 30.3 Å². The predicted octanol–water partition coefficient (Wildman–Crippen LogP) is 4.60. The summed E-state index contributed by atoms with van der Waals surface area (Å²) in [7, 11) is 0. The molecule has 0 atom stereocenters. The molecular weight excluding hydrogens is 322 g/mol. The number of benzene rings is 2. The number of pyridine rings is 1. The molecule has 0 aliphatic rings. The van der Waals surface area contributed by atoms with E-state index in [0.29, 0.717) is 22.8 Å². The largest absolute Gasteiger partial charge is 0.381 e. The lowest BCUT2D eigenvalue weighted by Gasteiger charge is -2.10. The van der Waals surface area contributed by atoms with Crippen molar-refractivity contribution in [2.45, 2.75) is 6.54 Å². The van der Waals surface area contributed by atoms with Gasteiger partial charge in [-0.15, -0.1) is 0 Å². The lowest BCUT2D eigenvalue weighted by Crippen LogP contribution is -2.12. The summed E-state index contributed by atoms with van der Waals surface area (Å²) in [5, 5.41) is 6.62. The second kappa shape index (κ2) is 7.62. The molecule has 1 aromatic heterocycles. The SMILES string of the molecule is O=C(Nc1cccc(NCc2ccncc2)c1)c1ccccc1Cl. The maximum Gasteiger partial charge on any atom is 0.257 e. The fourth-order valence-electron chi connectivity index (χ4n) is 2.26. The molecule has 0 aliphatic carbocycles. The smallest absolute Gasteiger partial charge is 0.257 e. The van der Waals surface area contributed by atoms with E-state index in [1.807, 2.05) is 36.4 Å². The van der Waals surface area contributed by atoms with Crippen LogP contribution in [0.3, 0.4) is 0 Å². The lowest BCUT2D eigenvalue weighted by atomic mass is 10.2. The van der Waals surface area contributed by atoms with Crippen LogP contribution in [-0.4, -0.2) is 10.9 Å². The van der Waals surface area contributed by atoms with E-state index in [1.54, 1.807) is 36.7 Å². The summed E-state index contributed by atoms with van der Waals surface area (Å²) in [6.45, 7) is 0.685. The number of anilines is 2. The van der Waals surface area contributed by atoms with Gasteiger partial charge in [0.1, 0.15) is 0 Å². The zero-order valence-corrected chi connectivity index (χ0v) is 13.6. The third-order valence-electron chi connectivity index (χ3n) is 3.48. The van der Waals surface area contributed by atoms with Crippen LogP contribution in [-0.2, 0) is 6.54 Å². The molecule has 0 aliphatic heterocycles. The molecule has 2 aromatic carbocycles. The van der Waals surface area contributed by atoms with Gasteiger partial charge in [-0.3, -0.25) is 9.78 Å². The van der Waals surface area contributed by atoms with Crippen molar-refractivity contribution in [2.24, 2.45) is 0 Å². The minimum atomic E-state index is -0.230. The number of amides is 1. The summed E-state index contributed by atoms with van der Waals surface area (Å²) in [5.41, 5.74) is 3.22. The molecule has 0 radical (unpaired) electrons. The summed E-state index contributed by atoms with van der Waals surface area (Å²) < 4.78 is 0. The summed E-state index contributed by atoms with van der Waals surface area (Å²) in [4.78, 5) is 16.3. The van der Waals surface area contributed by atoms with Gasteiger partial charge >= 0.3 is 0 Å². The van der Waals surface area contributed by atoms with Crippen molar-refractivity contribution in [1.82, 2.24) is 4.98 Å². The summed E-state index contributed by atoms with van der Waals surface area (Å²) in [5.74, 6) is -0.230. The number of rotatable bonds is 5. The number of hydrogen-bond donors (Lipinski definition) is 2. The summed E-state index contributed by atoms with van der Waals surface area (Å²) in [6, 6.07) is 18.4. The number of carbonyl (C=O) groups excluding carboxylic acids is 1. The lowest BCUT2D eigenvalue weighted by molar-refractivity contribution is 0.102. The van der Waals surface area contributed by atoms with Gasteiger partial charge in [-0.05, 0) is 48.0 Å². The monoisotopic (exact) mass is 337 g/mol. The van der Waals surface area contributed by atoms with E-state index in [0.717, 1.165) is 11.3 Å². The van der Waals surface area contributed by atoms with Gasteiger partial charge in [0.05, 0.1) is 10.6 Å². The van der Waals surface area contributed by atoms with Crippen LogP contribution in [0.2, 0.25) is 5.02 Å². The molecule has 4 nitrogen and oxygen atoms in total. The van der Waals surface area contributed by atoms with Crippen LogP contribution in [0.1, 0.15) is 15.9 Å². The third kappa shape index (κ3) is 4.12. The second-order valence-corrected chi connectivity index (χ2v) is 5.63. The molecule has 3 aromatic rings. The van der Waals surface area contributed by atoms with Crippen LogP contribution in [0.25, 0.3) is 0 Å². The first-order valence-electron chi connectivity index (χ1n) is 7.51. The Morgan fingerprint density at radius 2 is 1.71 bits per heavy atom. The third-order valence-corrected chi connectivity index (χ3v) is 3.81. The van der Waals surface area contributed by atoms with Crippen molar-refractivity contribution < 1.29 is 4.79 Å². The molecule has 120 valence electrons. The average molecular weight is 338 g/mol. The highest BCUT2D eigenvalue weighted by atomic mass is 35.5. The summed E-state index contributed by atoms with van der Waals surface area (Å²) >= 11 is 6.06. The molecule has 0 saturated heterocycles. The van der Waals surface area contributed by atoms with Crippen LogP contribution >= 0.6 is 11.6 Å². The minimum absolute atomic E-state index is 0.230. The van der Waals surface area contributed by atoms with Crippen molar-refractivity contribution in [3.63, 3.8) is 0 Å². The molecule has 0 fully saturated rings. The molecule has 0 saturated carbocycles. The number of aromatic nitrogens is 1. The topological polar surface area (TPSA) is 54.0 Å². The zero-order chi connectivity index (χ0) is 16.8. The molecule has 3 rings (SSSR count). The first kappa shape index (κ1) is 16.0. The van der Waals surface area contributed by atoms with E-state index in [9.17, 15) is 4.79 Å². The number of hydrogen-bond acceptors (Lipinski definition) is 3. The average Bonchev–Trinajstić information content (AvgIpc) is 2.61. The van der Waals surface area contributed by atoms with Crippen LogP contribution in [0, 0.1) is 0 Å². The van der Waals surface area contributed by atoms with Crippen molar-refractivity contribution >= 4 is 28.9 Å². The van der Waals surface area contributed by atoms with E-state index in [-0.39, 0.29) is 5.91 Å². The highest BCUT2D eigenvalue weighted by Crippen LogP contribution is 2.19. The Bertz CT molecular complexity index is 837. The van der Waals surface area contributed by atoms with Crippen LogP contribution < -0.4 is 10.6 Å². The van der Waals surface area contributed by atoms with Gasteiger partial charge in [-0.1, -0.05) is 29.8 Å². The maximum absolute atomic E-state index is 12.3. The number of nitrogens with one attached hydrogen (secondary N) is 2. The number of nitrogens with zero attached hydrogens (tertiary/aromatic N) is 1. The van der Waals surface area contributed by atoms with Gasteiger partial charge in [0.15, 0.2) is 0 Å². The Morgan fingerprint density at radius 1 is 0.958 bits per heavy atom. The highest BCUT2D eigenvalue weighted by Gasteiger charge is 2.09. The number of halogens is 1. The van der Waals surface area contributed by atoms with Crippen molar-refractivity contribution in [2.75, 3.05) is 10.6 Å². The minimum Gasteiger partial charge on any atom is -0.381 e. The Labute approximate surface area is 145 Å². The van der Waals surface area contributed by atoms with E-state index < -0.39 is 0 Å². The second-order valence-electron chi connectivity index (χ2n) is 5.22. The summed E-state index contributed by atoms with van der Waals surface area (Å²) in [6.07, 6.45) is 3.52. The Kier molecular flexibility index (Phi) is 5.08. The van der Waals surface area contributed by atoms with E-state index in [4.69, 9.17) is 11.6 Å². The van der Waals surface area contributed by atoms with Gasteiger partial charge in [0.25, 0.3) is 5.91 Å². The van der Waals surface area contributed by atoms with Crippen molar-refractivity contribution in [3.8, 4) is 0 Å². The molecule has 0 unspecified atom stereocenters. The fraction of sp³-hybridized carbons (Fsp3) is 0.0526. The first-order valence-corrected chi connectivity index (χ1v) is 7.89. The predicted molar refractivity (Wildman–Crippen MR) is 97.4 cm³/mol. The van der Waals surface area contributed by atoms with Gasteiger partial charge < -0.3 is 10.6 Å². The molecule has 1 heterocycles. The quantitative estimate of drug-likeness (QED) is 0.715. The Morgan fingerprint density at radius 3 is 2.50 bits per heavy atom. The molecule has 0 spiro atoms. The van der Waals surface area contributed by atoms with Crippen molar-refractivity contribution in [1.29, 1.82) is 0 Å². The fourth-order valence-corrected chi connectivity index (χ4v) is 2.48. The molecular formula is C19H16ClN3O. The van der Waals surface area contributed by atoms with Crippen LogP contribution in [0.4, 0.5) is 11.4 Å². The standard InChI is InChI=1S/C19H16ClN3O/c20-18-7-2-1-6-17(18)19(24)23-16-5-3-4-15(12-16)22-13-14-8-10-21-11-9-14/h1-12,22H,13H2,(H,23,24). The van der Waals surface area contributed by atoms with Gasteiger partial charge in [0.2, 0.25) is 0 Å². The Balaban J connectivity index is 1.67. The first-order chi connectivity index (χ1) is 11.7. The van der Waals surface area contributed by atoms with E-state index >= 15 is 0 Å². The molecule has 0 bridgehead atoms. The maximum atomic E-state index is 12.3. The molecule has 1 amide bonds. The molecule has 24 heavy (non-hydrogen) atoms. The normalized spacial score (nSPS) is 10.2. The van der Waals surface area contributed by atoms with Crippen LogP contribution in [0.15, 0.2) is 73.1 Å². The molecule has 2 N–H and O–H groups in total. The van der Waals surface area contributed by atoms with Gasteiger partial charge in [-0.25, -0.2) is 0 Å². The van der Waals surface area contributed by atoms with Gasteiger partial charge in [-0.2, -0.15) is 0 Å². The van der Waals surface area contributed by atoms with E-state index in [1.165, 1.54) is 0 Å². The Hall–Kier alpha value is -2.85. The highest BCUT2D eigenvalue weighted by molar-refractivity contribution is 6.34. The van der Waals surface area contributed by atoms with E-state index in [2.05, 4.69) is 15.6 Å².